The number of carbonyl (C=O) groups excluding carboxylic acids is 2. The lowest BCUT2D eigenvalue weighted by Gasteiger charge is -2.26. The van der Waals surface area contributed by atoms with Gasteiger partial charge < -0.3 is 20.3 Å². The quantitative estimate of drug-likeness (QED) is 0.449. The number of amides is 2. The Balaban J connectivity index is 1.74. The van der Waals surface area contributed by atoms with E-state index in [1.807, 2.05) is 6.07 Å². The van der Waals surface area contributed by atoms with Crippen molar-refractivity contribution in [2.24, 2.45) is 15.4 Å². The van der Waals surface area contributed by atoms with Crippen LogP contribution in [0.25, 0.3) is 5.70 Å². The van der Waals surface area contributed by atoms with Crippen LogP contribution in [0.1, 0.15) is 67.6 Å². The van der Waals surface area contributed by atoms with E-state index >= 15 is 0 Å². The maximum absolute atomic E-state index is 13.1. The summed E-state index contributed by atoms with van der Waals surface area (Å²) in [6.45, 7) is 15.6. The molecule has 10 heteroatoms. The van der Waals surface area contributed by atoms with E-state index in [1.54, 1.807) is 18.7 Å². The van der Waals surface area contributed by atoms with E-state index in [4.69, 9.17) is 16.3 Å². The summed E-state index contributed by atoms with van der Waals surface area (Å²) < 4.78 is 5.40. The summed E-state index contributed by atoms with van der Waals surface area (Å²) in [5.41, 5.74) is 1.12. The van der Waals surface area contributed by atoms with Gasteiger partial charge in [0.25, 0.3) is 5.91 Å². The Hall–Kier alpha value is -2.23. The number of rotatable bonds is 6. The fourth-order valence-corrected chi connectivity index (χ4v) is 5.12. The molecule has 1 aromatic rings. The first-order chi connectivity index (χ1) is 16.0. The lowest BCUT2D eigenvalue weighted by molar-refractivity contribution is -0.125. The highest BCUT2D eigenvalue weighted by Gasteiger charge is 2.36. The largest absolute Gasteiger partial charge is 0.381 e. The maximum Gasteiger partial charge on any atom is 0.256 e. The van der Waals surface area contributed by atoms with Crippen molar-refractivity contribution >= 4 is 53.1 Å². The van der Waals surface area contributed by atoms with Crippen LogP contribution < -0.4 is 10.6 Å². The summed E-state index contributed by atoms with van der Waals surface area (Å²) in [6, 6.07) is 1.47. The van der Waals surface area contributed by atoms with E-state index in [2.05, 4.69) is 48.1 Å². The van der Waals surface area contributed by atoms with Crippen LogP contribution in [-0.4, -0.2) is 61.2 Å². The molecule has 2 aliphatic rings. The Morgan fingerprint density at radius 3 is 2.62 bits per heavy atom. The summed E-state index contributed by atoms with van der Waals surface area (Å²) in [5, 5.41) is 6.74. The molecule has 1 fully saturated rings. The summed E-state index contributed by atoms with van der Waals surface area (Å²) in [4.78, 5) is 37.7. The Labute approximate surface area is 210 Å². The van der Waals surface area contributed by atoms with Crippen molar-refractivity contribution in [2.75, 3.05) is 19.8 Å². The fraction of sp³-hybridized carbons (Fsp3) is 0.583. The second kappa shape index (κ2) is 11.0. The van der Waals surface area contributed by atoms with Crippen molar-refractivity contribution in [3.8, 4) is 0 Å². The summed E-state index contributed by atoms with van der Waals surface area (Å²) in [6.07, 6.45) is 1.74. The molecule has 2 amide bonds. The van der Waals surface area contributed by atoms with Crippen LogP contribution >= 0.6 is 22.9 Å². The molecule has 1 aromatic heterocycles. The number of halogens is 1. The molecular weight excluding hydrogens is 474 g/mol. The number of fused-ring (bicyclic) bond motifs is 1. The van der Waals surface area contributed by atoms with Gasteiger partial charge in [0.1, 0.15) is 6.04 Å². The number of allylic oxidation sites excluding steroid dienone is 1. The molecule has 34 heavy (non-hydrogen) atoms. The van der Waals surface area contributed by atoms with E-state index in [0.717, 1.165) is 22.6 Å². The Morgan fingerprint density at radius 1 is 1.38 bits per heavy atom. The minimum atomic E-state index is -0.555. The topological polar surface area (TPSA) is 95.4 Å². The van der Waals surface area contributed by atoms with Gasteiger partial charge in [-0.1, -0.05) is 32.4 Å². The SMILES string of the molecule is C=N/C(=N\C(=C(/C)Cl)c1cc2c(s1)CN([C@H](C)C(=O)NCC(C)(C)C)C2=O)NC1CCOCC1. The summed E-state index contributed by atoms with van der Waals surface area (Å²) in [5.74, 6) is 0.0859. The molecule has 0 unspecified atom stereocenters. The number of guanidine groups is 1. The molecule has 0 spiro atoms. The number of aliphatic imine (C=N–C) groups is 2. The molecule has 186 valence electrons. The normalized spacial score (nSPS) is 18.9. The van der Waals surface area contributed by atoms with Crippen LogP contribution in [-0.2, 0) is 16.1 Å². The number of nitrogens with one attached hydrogen (secondary N) is 2. The predicted octanol–water partition coefficient (Wildman–Crippen LogP) is 4.01. The molecule has 0 aliphatic carbocycles. The molecule has 3 rings (SSSR count). The molecule has 0 saturated carbocycles. The fourth-order valence-electron chi connectivity index (χ4n) is 3.73. The highest BCUT2D eigenvalue weighted by Crippen LogP contribution is 2.37. The van der Waals surface area contributed by atoms with Crippen LogP contribution in [0, 0.1) is 5.41 Å². The number of ether oxygens (including phenoxy) is 1. The van der Waals surface area contributed by atoms with Crippen LogP contribution in [0.4, 0.5) is 0 Å². The van der Waals surface area contributed by atoms with Gasteiger partial charge in [-0.25, -0.2) is 9.98 Å². The average Bonchev–Trinajstić information content (AvgIpc) is 3.33. The molecule has 0 aromatic carbocycles. The van der Waals surface area contributed by atoms with E-state index in [1.165, 1.54) is 11.3 Å². The average molecular weight is 508 g/mol. The van der Waals surface area contributed by atoms with Crippen LogP contribution in [0.5, 0.6) is 0 Å². The van der Waals surface area contributed by atoms with Crippen LogP contribution in [0.2, 0.25) is 0 Å². The van der Waals surface area contributed by atoms with Gasteiger partial charge in [-0.05, 0) is 44.9 Å². The third kappa shape index (κ3) is 6.46. The minimum absolute atomic E-state index is 0.0284. The van der Waals surface area contributed by atoms with Crippen molar-refractivity contribution in [3.63, 3.8) is 0 Å². The Kier molecular flexibility index (Phi) is 8.54. The second-order valence-corrected chi connectivity index (χ2v) is 11.5. The smallest absolute Gasteiger partial charge is 0.256 e. The van der Waals surface area contributed by atoms with Gasteiger partial charge in [0.2, 0.25) is 11.9 Å². The van der Waals surface area contributed by atoms with Crippen molar-refractivity contribution in [1.29, 1.82) is 0 Å². The molecule has 1 atom stereocenters. The van der Waals surface area contributed by atoms with Crippen LogP contribution in [0.15, 0.2) is 21.1 Å². The maximum atomic E-state index is 13.1. The van der Waals surface area contributed by atoms with E-state index in [9.17, 15) is 9.59 Å². The first kappa shape index (κ1) is 26.4. The zero-order valence-corrected chi connectivity index (χ0v) is 22.1. The monoisotopic (exact) mass is 507 g/mol. The van der Waals surface area contributed by atoms with E-state index < -0.39 is 6.04 Å². The van der Waals surface area contributed by atoms with Gasteiger partial charge in [-0.2, -0.15) is 0 Å². The zero-order chi connectivity index (χ0) is 25.0. The molecule has 1 saturated heterocycles. The van der Waals surface area contributed by atoms with Gasteiger partial charge in [-0.15, -0.1) is 11.3 Å². The molecule has 0 radical (unpaired) electrons. The molecule has 8 nitrogen and oxygen atoms in total. The van der Waals surface area contributed by atoms with Crippen LogP contribution in [0.3, 0.4) is 0 Å². The summed E-state index contributed by atoms with van der Waals surface area (Å²) in [7, 11) is 0. The predicted molar refractivity (Wildman–Crippen MR) is 139 cm³/mol. The first-order valence-electron chi connectivity index (χ1n) is 11.5. The van der Waals surface area contributed by atoms with Gasteiger partial charge >= 0.3 is 0 Å². The molecular formula is C24H34ClN5O3S. The van der Waals surface area contributed by atoms with E-state index in [0.29, 0.717) is 48.6 Å². The molecule has 0 bridgehead atoms. The molecule has 2 aliphatic heterocycles. The number of thiophene rings is 1. The lowest BCUT2D eigenvalue weighted by atomic mass is 9.97. The van der Waals surface area contributed by atoms with Gasteiger partial charge in [-0.3, -0.25) is 9.59 Å². The number of hydrogen-bond acceptors (Lipinski definition) is 5. The minimum Gasteiger partial charge on any atom is -0.381 e. The number of nitrogens with zero attached hydrogens (tertiary/aromatic N) is 3. The third-order valence-corrected chi connectivity index (χ3v) is 7.04. The number of carbonyl (C=O) groups is 2. The van der Waals surface area contributed by atoms with Crippen molar-refractivity contribution < 1.29 is 14.3 Å². The van der Waals surface area contributed by atoms with E-state index in [-0.39, 0.29) is 23.3 Å². The Bertz CT molecular complexity index is 1000. The Morgan fingerprint density at radius 2 is 2.06 bits per heavy atom. The van der Waals surface area contributed by atoms with Gasteiger partial charge in [0, 0.05) is 35.7 Å². The molecule has 2 N–H and O–H groups in total. The standard InChI is InChI=1S/C24H34ClN5O3S/c1-14(25)20(29-23(26-6)28-16-7-9-33-10-8-16)18-11-17-19(34-18)12-30(22(17)32)15(2)21(31)27-13-24(3,4)5/h11,15-16H,6-10,12-13H2,1-5H3,(H,27,31)(H,28,29)/b20-14+/t15-/m1/s1. The zero-order valence-electron chi connectivity index (χ0n) is 20.5. The van der Waals surface area contributed by atoms with Crippen molar-refractivity contribution in [2.45, 2.75) is 66.1 Å². The molecule has 3 heterocycles. The number of hydrogen-bond donors (Lipinski definition) is 2. The van der Waals surface area contributed by atoms with Gasteiger partial charge in [0.05, 0.1) is 22.7 Å². The second-order valence-electron chi connectivity index (χ2n) is 9.84. The van der Waals surface area contributed by atoms with Crippen molar-refractivity contribution in [1.82, 2.24) is 15.5 Å². The van der Waals surface area contributed by atoms with Crippen molar-refractivity contribution in [3.05, 3.63) is 26.4 Å². The lowest BCUT2D eigenvalue weighted by Crippen LogP contribution is -2.47. The highest BCUT2D eigenvalue weighted by molar-refractivity contribution is 7.13. The summed E-state index contributed by atoms with van der Waals surface area (Å²) >= 11 is 7.85. The van der Waals surface area contributed by atoms with Gasteiger partial charge in [0.15, 0.2) is 0 Å². The third-order valence-electron chi connectivity index (χ3n) is 5.74. The highest BCUT2D eigenvalue weighted by atomic mass is 35.5. The first-order valence-corrected chi connectivity index (χ1v) is 12.7.